The highest BCUT2D eigenvalue weighted by Crippen LogP contribution is 2.35. The fraction of sp³-hybridized carbons (Fsp3) is 0.200. The number of rotatable bonds is 6. The summed E-state index contributed by atoms with van der Waals surface area (Å²) >= 11 is 0.947. The van der Waals surface area contributed by atoms with E-state index in [9.17, 15) is 9.59 Å². The first-order valence-corrected chi connectivity index (χ1v) is 8.95. The lowest BCUT2D eigenvalue weighted by atomic mass is 10.1. The summed E-state index contributed by atoms with van der Waals surface area (Å²) in [6.45, 7) is 0.362. The molecule has 26 heavy (non-hydrogen) atoms. The van der Waals surface area contributed by atoms with Crippen LogP contribution in [0.5, 0.6) is 11.5 Å². The Kier molecular flexibility index (Phi) is 5.63. The number of methoxy groups -OCH3 is 2. The van der Waals surface area contributed by atoms with E-state index in [0.717, 1.165) is 17.3 Å². The van der Waals surface area contributed by atoms with Gasteiger partial charge in [0.15, 0.2) is 0 Å². The van der Waals surface area contributed by atoms with Crippen LogP contribution in [-0.4, -0.2) is 36.8 Å². The third-order valence-corrected chi connectivity index (χ3v) is 4.97. The van der Waals surface area contributed by atoms with E-state index in [0.29, 0.717) is 34.9 Å². The average Bonchev–Trinajstić information content (AvgIpc) is 2.93. The minimum absolute atomic E-state index is 0.251. The maximum Gasteiger partial charge on any atom is 0.293 e. The van der Waals surface area contributed by atoms with Gasteiger partial charge in [0.25, 0.3) is 11.1 Å². The third kappa shape index (κ3) is 3.91. The van der Waals surface area contributed by atoms with Crippen molar-refractivity contribution in [2.45, 2.75) is 6.42 Å². The summed E-state index contributed by atoms with van der Waals surface area (Å²) in [6.07, 6.45) is 2.31. The van der Waals surface area contributed by atoms with Crippen molar-refractivity contribution in [1.82, 2.24) is 4.90 Å². The highest BCUT2D eigenvalue weighted by Gasteiger charge is 2.34. The maximum atomic E-state index is 12.6. The molecule has 1 fully saturated rings. The topological polar surface area (TPSA) is 55.8 Å². The van der Waals surface area contributed by atoms with Crippen molar-refractivity contribution in [3.8, 4) is 11.5 Å². The Hall–Kier alpha value is -2.73. The van der Waals surface area contributed by atoms with Crippen molar-refractivity contribution in [3.63, 3.8) is 0 Å². The Morgan fingerprint density at radius 2 is 1.81 bits per heavy atom. The minimum atomic E-state index is -0.277. The molecule has 2 aromatic rings. The van der Waals surface area contributed by atoms with Crippen molar-refractivity contribution in [2.24, 2.45) is 0 Å². The lowest BCUT2D eigenvalue weighted by molar-refractivity contribution is -0.122. The molecule has 0 aromatic heterocycles. The van der Waals surface area contributed by atoms with Crippen molar-refractivity contribution in [1.29, 1.82) is 0 Å². The van der Waals surface area contributed by atoms with Crippen LogP contribution in [-0.2, 0) is 11.2 Å². The second-order valence-electron chi connectivity index (χ2n) is 5.68. The SMILES string of the molecule is COc1ccc(OC)c(/C=C2\SC(=O)N(CCc3ccccc3)C2=O)c1. The Morgan fingerprint density at radius 3 is 2.50 bits per heavy atom. The summed E-state index contributed by atoms with van der Waals surface area (Å²) in [6, 6.07) is 15.1. The first-order valence-electron chi connectivity index (χ1n) is 8.13. The summed E-state index contributed by atoms with van der Waals surface area (Å²) < 4.78 is 10.6. The molecular formula is C20H19NO4S. The van der Waals surface area contributed by atoms with E-state index in [1.165, 1.54) is 4.90 Å². The van der Waals surface area contributed by atoms with Crippen molar-refractivity contribution >= 4 is 29.0 Å². The Morgan fingerprint density at radius 1 is 1.04 bits per heavy atom. The molecule has 0 spiro atoms. The average molecular weight is 369 g/mol. The third-order valence-electron chi connectivity index (χ3n) is 4.06. The van der Waals surface area contributed by atoms with Gasteiger partial charge in [-0.1, -0.05) is 30.3 Å². The Balaban J connectivity index is 1.79. The van der Waals surface area contributed by atoms with Gasteiger partial charge in [0.1, 0.15) is 11.5 Å². The molecule has 6 heteroatoms. The first kappa shape index (κ1) is 18.1. The van der Waals surface area contributed by atoms with Crippen LogP contribution in [0, 0.1) is 0 Å². The minimum Gasteiger partial charge on any atom is -0.497 e. The van der Waals surface area contributed by atoms with Gasteiger partial charge in [-0.15, -0.1) is 0 Å². The largest absolute Gasteiger partial charge is 0.497 e. The van der Waals surface area contributed by atoms with Crippen LogP contribution in [0.1, 0.15) is 11.1 Å². The molecule has 1 saturated heterocycles. The smallest absolute Gasteiger partial charge is 0.293 e. The number of hydrogen-bond acceptors (Lipinski definition) is 5. The number of carbonyl (C=O) groups excluding carboxylic acids is 2. The number of amides is 2. The molecule has 2 amide bonds. The summed E-state index contributed by atoms with van der Waals surface area (Å²) in [5.74, 6) is 0.989. The van der Waals surface area contributed by atoms with Crippen LogP contribution in [0.3, 0.4) is 0 Å². The second kappa shape index (κ2) is 8.10. The molecule has 0 aliphatic carbocycles. The van der Waals surface area contributed by atoms with Crippen molar-refractivity contribution < 1.29 is 19.1 Å². The lowest BCUT2D eigenvalue weighted by Crippen LogP contribution is -2.30. The lowest BCUT2D eigenvalue weighted by Gasteiger charge is -2.12. The highest BCUT2D eigenvalue weighted by molar-refractivity contribution is 8.18. The maximum absolute atomic E-state index is 12.6. The molecule has 1 aliphatic rings. The molecule has 0 unspecified atom stereocenters. The van der Waals surface area contributed by atoms with Gasteiger partial charge in [-0.3, -0.25) is 14.5 Å². The van der Waals surface area contributed by atoms with Crippen LogP contribution >= 0.6 is 11.8 Å². The molecule has 5 nitrogen and oxygen atoms in total. The van der Waals surface area contributed by atoms with Crippen molar-refractivity contribution in [3.05, 3.63) is 64.6 Å². The Bertz CT molecular complexity index is 848. The van der Waals surface area contributed by atoms with Gasteiger partial charge in [-0.2, -0.15) is 0 Å². The van der Waals surface area contributed by atoms with Crippen LogP contribution in [0.15, 0.2) is 53.4 Å². The van der Waals surface area contributed by atoms with E-state index >= 15 is 0 Å². The fourth-order valence-corrected chi connectivity index (χ4v) is 3.53. The fourth-order valence-electron chi connectivity index (χ4n) is 2.67. The molecule has 0 N–H and O–H groups in total. The Labute approximate surface area is 156 Å². The van der Waals surface area contributed by atoms with Gasteiger partial charge in [-0.05, 0) is 48.0 Å². The number of carbonyl (C=O) groups is 2. The monoisotopic (exact) mass is 369 g/mol. The van der Waals surface area contributed by atoms with Crippen LogP contribution in [0.4, 0.5) is 4.79 Å². The van der Waals surface area contributed by atoms with Gasteiger partial charge in [-0.25, -0.2) is 0 Å². The van der Waals surface area contributed by atoms with Crippen molar-refractivity contribution in [2.75, 3.05) is 20.8 Å². The number of hydrogen-bond donors (Lipinski definition) is 0. The highest BCUT2D eigenvalue weighted by atomic mass is 32.2. The molecule has 134 valence electrons. The summed E-state index contributed by atoms with van der Waals surface area (Å²) in [5.41, 5.74) is 1.78. The van der Waals surface area contributed by atoms with Gasteiger partial charge in [0.05, 0.1) is 19.1 Å². The zero-order valence-corrected chi connectivity index (χ0v) is 15.4. The van der Waals surface area contributed by atoms with Crippen LogP contribution in [0.25, 0.3) is 6.08 Å². The number of imide groups is 1. The summed E-state index contributed by atoms with van der Waals surface area (Å²) in [5, 5.41) is -0.251. The van der Waals surface area contributed by atoms with E-state index in [1.807, 2.05) is 30.3 Å². The number of ether oxygens (including phenoxy) is 2. The molecule has 1 heterocycles. The zero-order valence-electron chi connectivity index (χ0n) is 14.6. The van der Waals surface area contributed by atoms with E-state index in [-0.39, 0.29) is 11.1 Å². The van der Waals surface area contributed by atoms with E-state index in [4.69, 9.17) is 9.47 Å². The number of benzene rings is 2. The van der Waals surface area contributed by atoms with Gasteiger partial charge in [0.2, 0.25) is 0 Å². The quantitative estimate of drug-likeness (QED) is 0.721. The molecule has 1 aliphatic heterocycles. The predicted molar refractivity (Wildman–Crippen MR) is 102 cm³/mol. The molecule has 2 aromatic carbocycles. The number of thioether (sulfide) groups is 1. The van der Waals surface area contributed by atoms with Gasteiger partial charge in [0, 0.05) is 12.1 Å². The van der Waals surface area contributed by atoms with Gasteiger partial charge >= 0.3 is 0 Å². The number of nitrogens with zero attached hydrogens (tertiary/aromatic N) is 1. The zero-order chi connectivity index (χ0) is 18.5. The standard InChI is InChI=1S/C20H19NO4S/c1-24-16-8-9-17(25-2)15(12-16)13-18-19(22)21(20(23)26-18)11-10-14-6-4-3-5-7-14/h3-9,12-13H,10-11H2,1-2H3/b18-13-. The molecule has 0 bridgehead atoms. The predicted octanol–water partition coefficient (Wildman–Crippen LogP) is 3.98. The van der Waals surface area contributed by atoms with Crippen LogP contribution < -0.4 is 9.47 Å². The molecule has 0 atom stereocenters. The van der Waals surface area contributed by atoms with E-state index in [2.05, 4.69) is 0 Å². The summed E-state index contributed by atoms with van der Waals surface area (Å²) in [4.78, 5) is 26.6. The van der Waals surface area contributed by atoms with E-state index < -0.39 is 0 Å². The second-order valence-corrected chi connectivity index (χ2v) is 6.67. The first-order chi connectivity index (χ1) is 12.6. The molecule has 0 radical (unpaired) electrons. The molecule has 3 rings (SSSR count). The molecule has 0 saturated carbocycles. The van der Waals surface area contributed by atoms with E-state index in [1.54, 1.807) is 38.5 Å². The van der Waals surface area contributed by atoms with Gasteiger partial charge < -0.3 is 9.47 Å². The summed E-state index contributed by atoms with van der Waals surface area (Å²) in [7, 11) is 3.13. The van der Waals surface area contributed by atoms with Crippen LogP contribution in [0.2, 0.25) is 0 Å². The normalized spacial score (nSPS) is 15.6. The molecular weight excluding hydrogens is 350 g/mol.